The molecule has 0 aliphatic heterocycles. The van der Waals surface area contributed by atoms with Gasteiger partial charge in [0.2, 0.25) is 0 Å². The quantitative estimate of drug-likeness (QED) is 0.797. The van der Waals surface area contributed by atoms with Gasteiger partial charge in [-0.25, -0.2) is 4.98 Å². The van der Waals surface area contributed by atoms with E-state index in [1.165, 1.54) is 18.4 Å². The number of carboxylic acid groups (broad SMARTS) is 1. The van der Waals surface area contributed by atoms with Crippen molar-refractivity contribution in [3.63, 3.8) is 0 Å². The van der Waals surface area contributed by atoms with Crippen molar-refractivity contribution in [1.29, 1.82) is 0 Å². The number of methoxy groups -OCH3 is 1. The van der Waals surface area contributed by atoms with Gasteiger partial charge >= 0.3 is 5.97 Å². The van der Waals surface area contributed by atoms with Crippen LogP contribution in [-0.2, 0) is 9.53 Å². The molecule has 0 aliphatic rings. The van der Waals surface area contributed by atoms with Crippen LogP contribution in [-0.4, -0.2) is 45.8 Å². The largest absolute Gasteiger partial charge is 0.481 e. The minimum absolute atomic E-state index is 0.107. The molecule has 0 radical (unpaired) electrons. The lowest BCUT2D eigenvalue weighted by molar-refractivity contribution is -0.139. The van der Waals surface area contributed by atoms with Gasteiger partial charge in [0.1, 0.15) is 0 Å². The summed E-state index contributed by atoms with van der Waals surface area (Å²) in [6.45, 7) is 5.50. The Morgan fingerprint density at radius 1 is 1.46 bits per heavy atom. The third-order valence-electron chi connectivity index (χ3n) is 3.71. The fraction of sp³-hybridized carbons (Fsp3) is 0.438. The Morgan fingerprint density at radius 2 is 2.17 bits per heavy atom. The van der Waals surface area contributed by atoms with Gasteiger partial charge in [0.15, 0.2) is 5.13 Å². The second-order valence-electron chi connectivity index (χ2n) is 5.95. The maximum absolute atomic E-state index is 12.7. The van der Waals surface area contributed by atoms with Gasteiger partial charge in [-0.1, -0.05) is 0 Å². The summed E-state index contributed by atoms with van der Waals surface area (Å²) in [6.07, 6.45) is 1.49. The van der Waals surface area contributed by atoms with Crippen LogP contribution in [0.3, 0.4) is 0 Å². The molecule has 2 aromatic rings. The normalized spacial score (nSPS) is 13.5. The molecule has 0 bridgehead atoms. The number of hydrogen-bond donors (Lipinski definition) is 2. The van der Waals surface area contributed by atoms with Crippen LogP contribution in [0.4, 0.5) is 0 Å². The minimum atomic E-state index is -0.997. The Kier molecular flexibility index (Phi) is 5.40. The van der Waals surface area contributed by atoms with E-state index in [0.717, 1.165) is 16.5 Å². The number of carboxylic acids is 1. The molecule has 130 valence electrons. The lowest BCUT2D eigenvalue weighted by atomic mass is 9.98. The average Bonchev–Trinajstić information content (AvgIpc) is 3.05. The molecule has 2 aromatic heterocycles. The van der Waals surface area contributed by atoms with Crippen molar-refractivity contribution in [2.24, 2.45) is 0 Å². The first-order valence-electron chi connectivity index (χ1n) is 7.39. The Balaban J connectivity index is 2.30. The molecule has 8 heteroatoms. The average molecular weight is 351 g/mol. The fourth-order valence-corrected chi connectivity index (χ4v) is 3.49. The zero-order chi connectivity index (χ0) is 17.9. The topological polar surface area (TPSA) is 93.5 Å². The van der Waals surface area contributed by atoms with E-state index in [4.69, 9.17) is 9.84 Å². The third kappa shape index (κ3) is 3.82. The van der Waals surface area contributed by atoms with Gasteiger partial charge in [-0.3, -0.25) is 14.2 Å². The van der Waals surface area contributed by atoms with Crippen molar-refractivity contribution >= 4 is 23.2 Å². The summed E-state index contributed by atoms with van der Waals surface area (Å²) in [5.41, 5.74) is 1.16. The van der Waals surface area contributed by atoms with Crippen LogP contribution in [0.2, 0.25) is 0 Å². The van der Waals surface area contributed by atoms with Crippen LogP contribution in [0.25, 0.3) is 5.13 Å². The van der Waals surface area contributed by atoms with Crippen molar-refractivity contribution in [2.45, 2.75) is 32.7 Å². The summed E-state index contributed by atoms with van der Waals surface area (Å²) >= 11 is 1.48. The number of ether oxygens (including phenoxy) is 1. The van der Waals surface area contributed by atoms with E-state index in [-0.39, 0.29) is 18.9 Å². The SMILES string of the molecule is COCC(C)(CC(=O)O)NC(=O)c1cc(C)n(-c2nccs2)c1C. The van der Waals surface area contributed by atoms with Crippen molar-refractivity contribution in [3.05, 3.63) is 34.6 Å². The minimum Gasteiger partial charge on any atom is -0.481 e. The number of aryl methyl sites for hydroxylation is 1. The van der Waals surface area contributed by atoms with Gasteiger partial charge in [-0.15, -0.1) is 11.3 Å². The number of aliphatic carboxylic acids is 1. The number of thiazole rings is 1. The molecule has 2 rings (SSSR count). The lowest BCUT2D eigenvalue weighted by Gasteiger charge is -2.28. The van der Waals surface area contributed by atoms with E-state index in [1.54, 1.807) is 19.2 Å². The van der Waals surface area contributed by atoms with Gasteiger partial charge in [-0.05, 0) is 26.8 Å². The van der Waals surface area contributed by atoms with Crippen molar-refractivity contribution in [2.75, 3.05) is 13.7 Å². The van der Waals surface area contributed by atoms with Crippen LogP contribution >= 0.6 is 11.3 Å². The van der Waals surface area contributed by atoms with Gasteiger partial charge in [-0.2, -0.15) is 0 Å². The molecule has 24 heavy (non-hydrogen) atoms. The number of nitrogens with one attached hydrogen (secondary N) is 1. The van der Waals surface area contributed by atoms with Crippen LogP contribution in [0.1, 0.15) is 35.1 Å². The van der Waals surface area contributed by atoms with Crippen molar-refractivity contribution in [1.82, 2.24) is 14.9 Å². The predicted molar refractivity (Wildman–Crippen MR) is 90.9 cm³/mol. The van der Waals surface area contributed by atoms with Gasteiger partial charge in [0, 0.05) is 30.1 Å². The summed E-state index contributed by atoms with van der Waals surface area (Å²) < 4.78 is 6.98. The smallest absolute Gasteiger partial charge is 0.305 e. The summed E-state index contributed by atoms with van der Waals surface area (Å²) in [5.74, 6) is -1.32. The highest BCUT2D eigenvalue weighted by Gasteiger charge is 2.31. The van der Waals surface area contributed by atoms with E-state index < -0.39 is 11.5 Å². The number of carbonyl (C=O) groups is 2. The monoisotopic (exact) mass is 351 g/mol. The van der Waals surface area contributed by atoms with E-state index >= 15 is 0 Å². The van der Waals surface area contributed by atoms with E-state index in [0.29, 0.717) is 5.56 Å². The van der Waals surface area contributed by atoms with Crippen molar-refractivity contribution in [3.8, 4) is 5.13 Å². The summed E-state index contributed by atoms with van der Waals surface area (Å²) in [7, 11) is 1.47. The molecule has 0 saturated carbocycles. The number of nitrogens with zero attached hydrogens (tertiary/aromatic N) is 2. The fourth-order valence-electron chi connectivity index (χ4n) is 2.74. The Bertz CT molecular complexity index is 739. The number of amides is 1. The first kappa shape index (κ1) is 18.2. The molecular formula is C16H21N3O4S. The molecular weight excluding hydrogens is 330 g/mol. The predicted octanol–water partition coefficient (Wildman–Crippen LogP) is 2.16. The lowest BCUT2D eigenvalue weighted by Crippen LogP contribution is -2.50. The molecule has 2 heterocycles. The Morgan fingerprint density at radius 3 is 2.71 bits per heavy atom. The van der Waals surface area contributed by atoms with Crippen LogP contribution < -0.4 is 5.32 Å². The molecule has 1 unspecified atom stereocenters. The third-order valence-corrected chi connectivity index (χ3v) is 4.46. The first-order valence-corrected chi connectivity index (χ1v) is 8.27. The molecule has 0 aliphatic carbocycles. The van der Waals surface area contributed by atoms with Crippen LogP contribution in [0, 0.1) is 13.8 Å². The van der Waals surface area contributed by atoms with E-state index in [9.17, 15) is 9.59 Å². The second kappa shape index (κ2) is 7.14. The molecule has 2 N–H and O–H groups in total. The van der Waals surface area contributed by atoms with Crippen LogP contribution in [0.15, 0.2) is 17.6 Å². The van der Waals surface area contributed by atoms with Gasteiger partial charge in [0.05, 0.1) is 24.1 Å². The maximum atomic E-state index is 12.7. The molecule has 1 atom stereocenters. The highest BCUT2D eigenvalue weighted by atomic mass is 32.1. The number of aromatic nitrogens is 2. The highest BCUT2D eigenvalue weighted by Crippen LogP contribution is 2.23. The van der Waals surface area contributed by atoms with E-state index in [2.05, 4.69) is 10.3 Å². The summed E-state index contributed by atoms with van der Waals surface area (Å²) in [5, 5.41) is 14.5. The van der Waals surface area contributed by atoms with E-state index in [1.807, 2.05) is 23.8 Å². The second-order valence-corrected chi connectivity index (χ2v) is 6.83. The molecule has 0 aromatic carbocycles. The highest BCUT2D eigenvalue weighted by molar-refractivity contribution is 7.12. The molecule has 1 amide bonds. The standard InChI is InChI=1S/C16H21N3O4S/c1-10-7-12(11(2)19(10)15-17-5-6-24-15)14(22)18-16(3,9-23-4)8-13(20)21/h5-7H,8-9H2,1-4H3,(H,18,22)(H,20,21). The number of carbonyl (C=O) groups excluding carboxylic acids is 1. The van der Waals surface area contributed by atoms with Crippen molar-refractivity contribution < 1.29 is 19.4 Å². The molecule has 0 fully saturated rings. The zero-order valence-corrected chi connectivity index (χ0v) is 14.9. The number of rotatable bonds is 7. The van der Waals surface area contributed by atoms with Gasteiger partial charge < -0.3 is 15.2 Å². The first-order chi connectivity index (χ1) is 11.3. The zero-order valence-electron chi connectivity index (χ0n) is 14.1. The summed E-state index contributed by atoms with van der Waals surface area (Å²) in [4.78, 5) is 28.0. The van der Waals surface area contributed by atoms with Crippen LogP contribution in [0.5, 0.6) is 0 Å². The molecule has 0 spiro atoms. The molecule has 0 saturated heterocycles. The Hall–Kier alpha value is -2.19. The number of hydrogen-bond acceptors (Lipinski definition) is 5. The Labute approximate surface area is 144 Å². The maximum Gasteiger partial charge on any atom is 0.305 e. The molecule has 7 nitrogen and oxygen atoms in total. The van der Waals surface area contributed by atoms with Gasteiger partial charge in [0.25, 0.3) is 5.91 Å². The summed E-state index contributed by atoms with van der Waals surface area (Å²) in [6, 6.07) is 1.78.